The summed E-state index contributed by atoms with van der Waals surface area (Å²) in [5.74, 6) is -0.0259. The molecule has 0 aliphatic carbocycles. The zero-order chi connectivity index (χ0) is 10.8. The van der Waals surface area contributed by atoms with Crippen LogP contribution in [0.5, 0.6) is 0 Å². The van der Waals surface area contributed by atoms with Crippen molar-refractivity contribution in [2.24, 2.45) is 0 Å². The molecule has 0 saturated heterocycles. The molecular weight excluding hydrogens is 188 g/mol. The maximum Gasteiger partial charge on any atom is 0.250 e. The first-order chi connectivity index (χ1) is 7.26. The lowest BCUT2D eigenvalue weighted by molar-refractivity contribution is -0.114. The van der Waals surface area contributed by atoms with E-state index in [0.29, 0.717) is 0 Å². The highest BCUT2D eigenvalue weighted by molar-refractivity contribution is 6.02. The van der Waals surface area contributed by atoms with E-state index >= 15 is 0 Å². The first-order valence-electron chi connectivity index (χ1n) is 5.01. The minimum atomic E-state index is -0.0259. The number of hydrogen-bond donors (Lipinski definition) is 1. The van der Waals surface area contributed by atoms with Crippen LogP contribution in [-0.2, 0) is 11.2 Å². The highest BCUT2D eigenvalue weighted by Crippen LogP contribution is 2.30. The number of nitrogens with one attached hydrogen (secondary N) is 1. The smallest absolute Gasteiger partial charge is 0.250 e. The number of carbonyl (C=O) groups excluding carboxylic acids is 1. The average molecular weight is 202 g/mol. The van der Waals surface area contributed by atoms with Crippen molar-refractivity contribution >= 4 is 17.3 Å². The molecule has 0 bridgehead atoms. The molecule has 1 amide bonds. The molecule has 0 aromatic heterocycles. The second kappa shape index (κ2) is 3.77. The van der Waals surface area contributed by atoms with Crippen LogP contribution < -0.4 is 10.2 Å². The Morgan fingerprint density at radius 3 is 3.07 bits per heavy atom. The molecular formula is C12H14N2O. The minimum absolute atomic E-state index is 0.0259. The molecule has 1 aromatic rings. The van der Waals surface area contributed by atoms with Gasteiger partial charge in [0.25, 0.3) is 0 Å². The zero-order valence-corrected chi connectivity index (χ0v) is 8.79. The summed E-state index contributed by atoms with van der Waals surface area (Å²) >= 11 is 0. The van der Waals surface area contributed by atoms with Crippen molar-refractivity contribution in [2.75, 3.05) is 23.8 Å². The SMILES string of the molecule is C=CC(=O)N1CCc2ccc(NC)cc21. The minimum Gasteiger partial charge on any atom is -0.388 e. The summed E-state index contributed by atoms with van der Waals surface area (Å²) in [4.78, 5) is 13.3. The Bertz CT molecular complexity index is 412. The molecule has 2 rings (SSSR count). The highest BCUT2D eigenvalue weighted by atomic mass is 16.2. The van der Waals surface area contributed by atoms with Crippen LogP contribution in [0.2, 0.25) is 0 Å². The van der Waals surface area contributed by atoms with Gasteiger partial charge < -0.3 is 10.2 Å². The van der Waals surface area contributed by atoms with Gasteiger partial charge in [0, 0.05) is 25.0 Å². The van der Waals surface area contributed by atoms with Gasteiger partial charge in [0.05, 0.1) is 0 Å². The number of carbonyl (C=O) groups is 1. The third-order valence-electron chi connectivity index (χ3n) is 2.71. The number of hydrogen-bond acceptors (Lipinski definition) is 2. The van der Waals surface area contributed by atoms with Crippen molar-refractivity contribution in [2.45, 2.75) is 6.42 Å². The molecule has 1 N–H and O–H groups in total. The summed E-state index contributed by atoms with van der Waals surface area (Å²) in [5, 5.41) is 3.07. The monoisotopic (exact) mass is 202 g/mol. The van der Waals surface area contributed by atoms with Crippen molar-refractivity contribution in [1.82, 2.24) is 0 Å². The fourth-order valence-corrected chi connectivity index (χ4v) is 1.87. The predicted octanol–water partition coefficient (Wildman–Crippen LogP) is 1.80. The number of anilines is 2. The maximum atomic E-state index is 11.6. The highest BCUT2D eigenvalue weighted by Gasteiger charge is 2.22. The Kier molecular flexibility index (Phi) is 2.46. The summed E-state index contributed by atoms with van der Waals surface area (Å²) in [6, 6.07) is 6.10. The van der Waals surface area contributed by atoms with Crippen LogP contribution in [0.1, 0.15) is 5.56 Å². The lowest BCUT2D eigenvalue weighted by Crippen LogP contribution is -2.26. The summed E-state index contributed by atoms with van der Waals surface area (Å²) in [6.07, 6.45) is 2.29. The Morgan fingerprint density at radius 2 is 2.40 bits per heavy atom. The molecule has 0 atom stereocenters. The van der Waals surface area contributed by atoms with E-state index in [0.717, 1.165) is 24.3 Å². The summed E-state index contributed by atoms with van der Waals surface area (Å²) < 4.78 is 0. The second-order valence-electron chi connectivity index (χ2n) is 3.54. The number of benzene rings is 1. The molecule has 0 unspecified atom stereocenters. The van der Waals surface area contributed by atoms with Crippen molar-refractivity contribution in [3.8, 4) is 0 Å². The normalized spacial score (nSPS) is 13.5. The maximum absolute atomic E-state index is 11.6. The van der Waals surface area contributed by atoms with Gasteiger partial charge in [-0.2, -0.15) is 0 Å². The molecule has 78 valence electrons. The molecule has 0 spiro atoms. The topological polar surface area (TPSA) is 32.3 Å². The Hall–Kier alpha value is -1.77. The van der Waals surface area contributed by atoms with Gasteiger partial charge >= 0.3 is 0 Å². The van der Waals surface area contributed by atoms with E-state index in [-0.39, 0.29) is 5.91 Å². The largest absolute Gasteiger partial charge is 0.388 e. The Balaban J connectivity index is 2.39. The van der Waals surface area contributed by atoms with Gasteiger partial charge in [-0.15, -0.1) is 0 Å². The third kappa shape index (κ3) is 1.61. The lowest BCUT2D eigenvalue weighted by atomic mass is 10.1. The zero-order valence-electron chi connectivity index (χ0n) is 8.79. The van der Waals surface area contributed by atoms with Crippen LogP contribution in [-0.4, -0.2) is 19.5 Å². The third-order valence-corrected chi connectivity index (χ3v) is 2.71. The van der Waals surface area contributed by atoms with E-state index in [1.54, 1.807) is 4.90 Å². The molecule has 1 aliphatic heterocycles. The van der Waals surface area contributed by atoms with E-state index in [2.05, 4.69) is 18.0 Å². The van der Waals surface area contributed by atoms with E-state index < -0.39 is 0 Å². The van der Waals surface area contributed by atoms with Gasteiger partial charge in [-0.3, -0.25) is 4.79 Å². The van der Waals surface area contributed by atoms with Gasteiger partial charge in [0.1, 0.15) is 0 Å². The van der Waals surface area contributed by atoms with Crippen LogP contribution in [0, 0.1) is 0 Å². The Morgan fingerprint density at radius 1 is 1.60 bits per heavy atom. The number of fused-ring (bicyclic) bond motifs is 1. The standard InChI is InChI=1S/C12H14N2O/c1-3-12(15)14-7-6-9-4-5-10(13-2)8-11(9)14/h3-5,8,13H,1,6-7H2,2H3. The number of nitrogens with zero attached hydrogens (tertiary/aromatic N) is 1. The molecule has 1 heterocycles. The number of amides is 1. The fraction of sp³-hybridized carbons (Fsp3) is 0.250. The van der Waals surface area contributed by atoms with Crippen molar-refractivity contribution in [1.29, 1.82) is 0 Å². The summed E-state index contributed by atoms with van der Waals surface area (Å²) in [7, 11) is 1.87. The van der Waals surface area contributed by atoms with Gasteiger partial charge in [0.15, 0.2) is 0 Å². The van der Waals surface area contributed by atoms with Crippen LogP contribution >= 0.6 is 0 Å². The van der Waals surface area contributed by atoms with E-state index in [4.69, 9.17) is 0 Å². The fourth-order valence-electron chi connectivity index (χ4n) is 1.87. The first-order valence-corrected chi connectivity index (χ1v) is 5.01. The van der Waals surface area contributed by atoms with Gasteiger partial charge in [0.2, 0.25) is 5.91 Å². The molecule has 3 heteroatoms. The summed E-state index contributed by atoms with van der Waals surface area (Å²) in [5.41, 5.74) is 3.26. The van der Waals surface area contributed by atoms with E-state index in [1.807, 2.05) is 19.2 Å². The van der Waals surface area contributed by atoms with Crippen LogP contribution in [0.4, 0.5) is 11.4 Å². The molecule has 1 aromatic carbocycles. The molecule has 0 fully saturated rings. The van der Waals surface area contributed by atoms with Gasteiger partial charge in [-0.05, 0) is 30.2 Å². The van der Waals surface area contributed by atoms with Crippen molar-refractivity contribution in [3.63, 3.8) is 0 Å². The molecule has 3 nitrogen and oxygen atoms in total. The molecule has 0 saturated carbocycles. The Labute approximate surface area is 89.4 Å². The van der Waals surface area contributed by atoms with Crippen molar-refractivity contribution < 1.29 is 4.79 Å². The van der Waals surface area contributed by atoms with Gasteiger partial charge in [-0.25, -0.2) is 0 Å². The second-order valence-corrected chi connectivity index (χ2v) is 3.54. The molecule has 15 heavy (non-hydrogen) atoms. The number of rotatable bonds is 2. The summed E-state index contributed by atoms with van der Waals surface area (Å²) in [6.45, 7) is 4.27. The van der Waals surface area contributed by atoms with Crippen LogP contribution in [0.25, 0.3) is 0 Å². The van der Waals surface area contributed by atoms with Crippen LogP contribution in [0.15, 0.2) is 30.9 Å². The van der Waals surface area contributed by atoms with E-state index in [9.17, 15) is 4.79 Å². The molecule has 1 aliphatic rings. The van der Waals surface area contributed by atoms with Crippen molar-refractivity contribution in [3.05, 3.63) is 36.4 Å². The predicted molar refractivity (Wildman–Crippen MR) is 62.2 cm³/mol. The van der Waals surface area contributed by atoms with E-state index in [1.165, 1.54) is 11.6 Å². The lowest BCUT2D eigenvalue weighted by Gasteiger charge is -2.15. The molecule has 0 radical (unpaired) electrons. The first kappa shape index (κ1) is 9.77. The quantitative estimate of drug-likeness (QED) is 0.742. The average Bonchev–Trinajstić information content (AvgIpc) is 2.70. The van der Waals surface area contributed by atoms with Crippen LogP contribution in [0.3, 0.4) is 0 Å². The van der Waals surface area contributed by atoms with Gasteiger partial charge in [-0.1, -0.05) is 12.6 Å².